The molecule has 0 aromatic carbocycles. The topological polar surface area (TPSA) is 53.7 Å². The van der Waals surface area contributed by atoms with E-state index < -0.39 is 0 Å². The van der Waals surface area contributed by atoms with Gasteiger partial charge >= 0.3 is 0 Å². The van der Waals surface area contributed by atoms with Crippen LogP contribution in [0.25, 0.3) is 0 Å². The molecule has 2 N–H and O–H groups in total. The summed E-state index contributed by atoms with van der Waals surface area (Å²) in [4.78, 5) is 0. The zero-order valence-corrected chi connectivity index (χ0v) is 6.79. The van der Waals surface area contributed by atoms with Gasteiger partial charge in [0.25, 0.3) is 0 Å². The summed E-state index contributed by atoms with van der Waals surface area (Å²) in [5.74, 6) is 0. The van der Waals surface area contributed by atoms with Crippen molar-refractivity contribution >= 4 is 0 Å². The summed E-state index contributed by atoms with van der Waals surface area (Å²) >= 11 is 0. The van der Waals surface area contributed by atoms with Gasteiger partial charge in [0, 0.05) is 13.7 Å². The van der Waals surface area contributed by atoms with Crippen LogP contribution in [-0.4, -0.2) is 45.7 Å². The van der Waals surface area contributed by atoms with Crippen LogP contribution < -0.4 is 5.73 Å². The van der Waals surface area contributed by atoms with E-state index in [-0.39, 0.29) is 12.2 Å². The number of hydrogen-bond acceptors (Lipinski definition) is 4. The third-order valence-corrected chi connectivity index (χ3v) is 1.61. The van der Waals surface area contributed by atoms with Gasteiger partial charge in [-0.05, 0) is 0 Å². The summed E-state index contributed by atoms with van der Waals surface area (Å²) in [5, 5.41) is 0. The van der Waals surface area contributed by atoms with E-state index in [0.717, 1.165) is 0 Å². The Morgan fingerprint density at radius 3 is 2.73 bits per heavy atom. The van der Waals surface area contributed by atoms with Crippen molar-refractivity contribution in [3.05, 3.63) is 0 Å². The number of rotatable bonds is 5. The molecular formula is C7H15NO3. The second kappa shape index (κ2) is 4.66. The predicted octanol–water partition coefficient (Wildman–Crippen LogP) is -0.624. The van der Waals surface area contributed by atoms with Gasteiger partial charge in [0.15, 0.2) is 0 Å². The minimum Gasteiger partial charge on any atom is -0.382 e. The molecule has 1 atom stereocenters. The first-order valence-electron chi connectivity index (χ1n) is 3.79. The van der Waals surface area contributed by atoms with Crippen LogP contribution in [-0.2, 0) is 14.2 Å². The summed E-state index contributed by atoms with van der Waals surface area (Å²) in [7, 11) is 1.64. The number of methoxy groups -OCH3 is 1. The zero-order chi connectivity index (χ0) is 8.10. The van der Waals surface area contributed by atoms with Crippen LogP contribution >= 0.6 is 0 Å². The molecule has 0 radical (unpaired) electrons. The largest absolute Gasteiger partial charge is 0.382 e. The minimum atomic E-state index is 0.0221. The van der Waals surface area contributed by atoms with E-state index in [0.29, 0.717) is 26.4 Å². The minimum absolute atomic E-state index is 0.0221. The maximum Gasteiger partial charge on any atom is 0.105 e. The van der Waals surface area contributed by atoms with Crippen LogP contribution in [0.15, 0.2) is 0 Å². The molecule has 4 heteroatoms. The zero-order valence-electron chi connectivity index (χ0n) is 6.79. The molecular weight excluding hydrogens is 146 g/mol. The van der Waals surface area contributed by atoms with Crippen molar-refractivity contribution in [1.29, 1.82) is 0 Å². The van der Waals surface area contributed by atoms with E-state index in [4.69, 9.17) is 19.9 Å². The van der Waals surface area contributed by atoms with E-state index in [1.807, 2.05) is 0 Å². The Morgan fingerprint density at radius 1 is 1.64 bits per heavy atom. The third-order valence-electron chi connectivity index (χ3n) is 1.61. The predicted molar refractivity (Wildman–Crippen MR) is 40.4 cm³/mol. The standard InChI is InChI=1S/C7H15NO3/c1-9-3-6(2-8)11-7-4-10-5-7/h6-7H,2-5,8H2,1H3. The summed E-state index contributed by atoms with van der Waals surface area (Å²) in [5.41, 5.74) is 5.44. The molecule has 0 saturated carbocycles. The van der Waals surface area contributed by atoms with Crippen LogP contribution in [0, 0.1) is 0 Å². The van der Waals surface area contributed by atoms with E-state index in [1.165, 1.54) is 0 Å². The molecule has 0 bridgehead atoms. The lowest BCUT2D eigenvalue weighted by Gasteiger charge is -2.29. The number of ether oxygens (including phenoxy) is 3. The van der Waals surface area contributed by atoms with Crippen molar-refractivity contribution in [3.8, 4) is 0 Å². The summed E-state index contributed by atoms with van der Waals surface area (Å²) < 4.78 is 15.4. The van der Waals surface area contributed by atoms with Gasteiger partial charge < -0.3 is 19.9 Å². The van der Waals surface area contributed by atoms with Gasteiger partial charge in [-0.1, -0.05) is 0 Å². The van der Waals surface area contributed by atoms with E-state index in [2.05, 4.69) is 0 Å². The fourth-order valence-corrected chi connectivity index (χ4v) is 0.914. The monoisotopic (exact) mass is 161 g/mol. The van der Waals surface area contributed by atoms with Gasteiger partial charge in [0.05, 0.1) is 25.9 Å². The molecule has 4 nitrogen and oxygen atoms in total. The SMILES string of the molecule is COCC(CN)OC1COC1. The van der Waals surface area contributed by atoms with Crippen LogP contribution in [0.5, 0.6) is 0 Å². The van der Waals surface area contributed by atoms with Crippen LogP contribution in [0.3, 0.4) is 0 Å². The molecule has 11 heavy (non-hydrogen) atoms. The second-order valence-corrected chi connectivity index (χ2v) is 2.61. The van der Waals surface area contributed by atoms with Gasteiger partial charge in [-0.15, -0.1) is 0 Å². The molecule has 0 aliphatic carbocycles. The molecule has 1 aliphatic heterocycles. The lowest BCUT2D eigenvalue weighted by molar-refractivity contribution is -0.161. The van der Waals surface area contributed by atoms with Crippen molar-refractivity contribution < 1.29 is 14.2 Å². The first-order valence-corrected chi connectivity index (χ1v) is 3.79. The fourth-order valence-electron chi connectivity index (χ4n) is 0.914. The molecule has 0 aromatic rings. The Balaban J connectivity index is 2.08. The Labute approximate surface area is 66.6 Å². The number of hydrogen-bond donors (Lipinski definition) is 1. The molecule has 1 rings (SSSR count). The highest BCUT2D eigenvalue weighted by Gasteiger charge is 2.22. The van der Waals surface area contributed by atoms with E-state index in [9.17, 15) is 0 Å². The Kier molecular flexibility index (Phi) is 3.79. The van der Waals surface area contributed by atoms with Crippen molar-refractivity contribution in [1.82, 2.24) is 0 Å². The number of nitrogens with two attached hydrogens (primary N) is 1. The highest BCUT2D eigenvalue weighted by molar-refractivity contribution is 4.68. The van der Waals surface area contributed by atoms with Crippen molar-refractivity contribution in [2.24, 2.45) is 5.73 Å². The van der Waals surface area contributed by atoms with E-state index in [1.54, 1.807) is 7.11 Å². The first-order chi connectivity index (χ1) is 5.36. The maximum atomic E-state index is 5.50. The summed E-state index contributed by atoms with van der Waals surface area (Å²) in [6.07, 6.45) is 0.257. The average molecular weight is 161 g/mol. The van der Waals surface area contributed by atoms with Crippen LogP contribution in [0.1, 0.15) is 0 Å². The molecule has 0 aromatic heterocycles. The van der Waals surface area contributed by atoms with Gasteiger partial charge in [-0.3, -0.25) is 0 Å². The van der Waals surface area contributed by atoms with Crippen LogP contribution in [0.4, 0.5) is 0 Å². The molecule has 0 spiro atoms. The van der Waals surface area contributed by atoms with Gasteiger partial charge in [0.1, 0.15) is 6.10 Å². The highest BCUT2D eigenvalue weighted by Crippen LogP contribution is 2.08. The molecule has 1 aliphatic rings. The summed E-state index contributed by atoms with van der Waals surface area (Å²) in [6.45, 7) is 2.46. The first kappa shape index (κ1) is 8.93. The average Bonchev–Trinajstić information content (AvgIpc) is 1.94. The van der Waals surface area contributed by atoms with Crippen molar-refractivity contribution in [3.63, 3.8) is 0 Å². The smallest absolute Gasteiger partial charge is 0.105 e. The maximum absolute atomic E-state index is 5.50. The van der Waals surface area contributed by atoms with Gasteiger partial charge in [-0.2, -0.15) is 0 Å². The normalized spacial score (nSPS) is 21.3. The molecule has 0 amide bonds. The van der Waals surface area contributed by atoms with Crippen LogP contribution in [0.2, 0.25) is 0 Å². The van der Waals surface area contributed by atoms with Gasteiger partial charge in [-0.25, -0.2) is 0 Å². The molecule has 1 unspecified atom stereocenters. The third kappa shape index (κ3) is 2.75. The Bertz CT molecular complexity index is 106. The van der Waals surface area contributed by atoms with Crippen molar-refractivity contribution in [2.45, 2.75) is 12.2 Å². The Morgan fingerprint density at radius 2 is 2.36 bits per heavy atom. The fraction of sp³-hybridized carbons (Fsp3) is 1.00. The highest BCUT2D eigenvalue weighted by atomic mass is 16.6. The summed E-state index contributed by atoms with van der Waals surface area (Å²) in [6, 6.07) is 0. The lowest BCUT2D eigenvalue weighted by atomic mass is 10.3. The molecule has 66 valence electrons. The lowest BCUT2D eigenvalue weighted by Crippen LogP contribution is -2.42. The molecule has 1 fully saturated rings. The van der Waals surface area contributed by atoms with Gasteiger partial charge in [0.2, 0.25) is 0 Å². The van der Waals surface area contributed by atoms with Crippen molar-refractivity contribution in [2.75, 3.05) is 33.5 Å². The quantitative estimate of drug-likeness (QED) is 0.583. The Hall–Kier alpha value is -0.160. The van der Waals surface area contributed by atoms with E-state index >= 15 is 0 Å². The molecule has 1 saturated heterocycles. The molecule has 1 heterocycles. The second-order valence-electron chi connectivity index (χ2n) is 2.61.